The third kappa shape index (κ3) is 3.04. The van der Waals surface area contributed by atoms with Crippen LogP contribution in [0, 0.1) is 12.7 Å². The first kappa shape index (κ1) is 18.1. The summed E-state index contributed by atoms with van der Waals surface area (Å²) in [6.45, 7) is 2.47. The van der Waals surface area contributed by atoms with E-state index in [1.807, 2.05) is 12.1 Å². The molecule has 27 heavy (non-hydrogen) atoms. The van der Waals surface area contributed by atoms with Crippen molar-refractivity contribution in [1.82, 2.24) is 9.09 Å². The first-order valence-electron chi connectivity index (χ1n) is 8.91. The Balaban J connectivity index is 1.58. The van der Waals surface area contributed by atoms with Crippen LogP contribution in [0.15, 0.2) is 53.4 Å². The van der Waals surface area contributed by atoms with Crippen LogP contribution in [0.5, 0.6) is 0 Å². The Kier molecular flexibility index (Phi) is 4.52. The van der Waals surface area contributed by atoms with Gasteiger partial charge in [0, 0.05) is 18.5 Å². The van der Waals surface area contributed by atoms with Crippen LogP contribution >= 0.6 is 0 Å². The van der Waals surface area contributed by atoms with Crippen LogP contribution in [0.4, 0.5) is 8.87 Å². The predicted molar refractivity (Wildman–Crippen MR) is 100 cm³/mol. The van der Waals surface area contributed by atoms with Crippen LogP contribution in [0.1, 0.15) is 30.0 Å². The molecule has 0 bridgehead atoms. The summed E-state index contributed by atoms with van der Waals surface area (Å²) in [7, 11) is -3.64. The molecule has 1 fully saturated rings. The molecule has 2 heterocycles. The zero-order valence-electron chi connectivity index (χ0n) is 14.9. The Morgan fingerprint density at radius 3 is 2.30 bits per heavy atom. The van der Waals surface area contributed by atoms with Crippen molar-refractivity contribution in [1.29, 1.82) is 0 Å². The van der Waals surface area contributed by atoms with Gasteiger partial charge in [-0.3, -0.25) is 0 Å². The van der Waals surface area contributed by atoms with E-state index in [9.17, 15) is 17.3 Å². The molecule has 0 aliphatic carbocycles. The number of aromatic nitrogens is 1. The number of fused-ring (bicyclic) bond motifs is 1. The standard InChI is InChI=1S/C20H20F2N2O2S/c1-14-20(18-4-2-3-5-19(18)24(14)22)15-10-12-23(13-11-15)27(25,26)17-8-6-16(21)7-9-17/h2-9,15H,10-13H2,1H3. The number of hydrogen-bond acceptors (Lipinski definition) is 2. The number of para-hydroxylation sites is 1. The van der Waals surface area contributed by atoms with Crippen LogP contribution in [-0.2, 0) is 10.0 Å². The van der Waals surface area contributed by atoms with Gasteiger partial charge in [-0.2, -0.15) is 9.09 Å². The maximum atomic E-state index is 14.5. The highest BCUT2D eigenvalue weighted by Gasteiger charge is 2.32. The lowest BCUT2D eigenvalue weighted by Gasteiger charge is -2.31. The molecule has 2 aromatic carbocycles. The van der Waals surface area contributed by atoms with Gasteiger partial charge in [0.2, 0.25) is 10.0 Å². The summed E-state index contributed by atoms with van der Waals surface area (Å²) in [6, 6.07) is 12.2. The molecule has 0 radical (unpaired) electrons. The number of rotatable bonds is 3. The highest BCUT2D eigenvalue weighted by Crippen LogP contribution is 2.38. The van der Waals surface area contributed by atoms with Gasteiger partial charge >= 0.3 is 0 Å². The van der Waals surface area contributed by atoms with Crippen LogP contribution in [0.2, 0.25) is 0 Å². The summed E-state index contributed by atoms with van der Waals surface area (Å²) in [5.74, 6) is -0.364. The lowest BCUT2D eigenvalue weighted by molar-refractivity contribution is 0.316. The molecule has 142 valence electrons. The van der Waals surface area contributed by atoms with Crippen LogP contribution < -0.4 is 0 Å². The maximum Gasteiger partial charge on any atom is 0.243 e. The fourth-order valence-corrected chi connectivity index (χ4v) is 5.48. The van der Waals surface area contributed by atoms with Gasteiger partial charge in [-0.1, -0.05) is 22.7 Å². The van der Waals surface area contributed by atoms with Crippen molar-refractivity contribution in [3.05, 3.63) is 65.6 Å². The maximum absolute atomic E-state index is 14.5. The molecule has 0 atom stereocenters. The highest BCUT2D eigenvalue weighted by atomic mass is 32.2. The molecule has 1 aliphatic heterocycles. The number of sulfonamides is 1. The topological polar surface area (TPSA) is 42.3 Å². The van der Waals surface area contributed by atoms with E-state index in [2.05, 4.69) is 0 Å². The molecule has 1 aromatic heterocycles. The average Bonchev–Trinajstić information content (AvgIpc) is 2.93. The van der Waals surface area contributed by atoms with Gasteiger partial charge in [0.15, 0.2) is 0 Å². The summed E-state index contributed by atoms with van der Waals surface area (Å²) in [4.78, 5) is 0.811. The quantitative estimate of drug-likeness (QED) is 0.666. The van der Waals surface area contributed by atoms with Gasteiger partial charge in [0.05, 0.1) is 16.1 Å². The molecule has 0 saturated carbocycles. The minimum Gasteiger partial charge on any atom is -0.207 e. The van der Waals surface area contributed by atoms with Gasteiger partial charge in [-0.05, 0) is 61.6 Å². The van der Waals surface area contributed by atoms with Crippen LogP contribution in [0.3, 0.4) is 0 Å². The van der Waals surface area contributed by atoms with E-state index in [0.717, 1.165) is 23.1 Å². The van der Waals surface area contributed by atoms with Crippen molar-refractivity contribution < 1.29 is 17.3 Å². The third-order valence-electron chi connectivity index (χ3n) is 5.40. The normalized spacial score (nSPS) is 16.9. The Hall–Kier alpha value is -2.25. The van der Waals surface area contributed by atoms with E-state index >= 15 is 0 Å². The second kappa shape index (κ2) is 6.73. The molecule has 3 aromatic rings. The van der Waals surface area contributed by atoms with Gasteiger partial charge < -0.3 is 0 Å². The first-order chi connectivity index (χ1) is 12.9. The highest BCUT2D eigenvalue weighted by molar-refractivity contribution is 7.89. The van der Waals surface area contributed by atoms with Gasteiger partial charge in [-0.25, -0.2) is 12.8 Å². The second-order valence-electron chi connectivity index (χ2n) is 6.93. The summed E-state index contributed by atoms with van der Waals surface area (Å²) < 4.78 is 54.5. The second-order valence-corrected chi connectivity index (χ2v) is 8.87. The summed E-state index contributed by atoms with van der Waals surface area (Å²) in [5.41, 5.74) is 2.09. The Morgan fingerprint density at radius 1 is 1.00 bits per heavy atom. The van der Waals surface area contributed by atoms with Gasteiger partial charge in [0.1, 0.15) is 5.82 Å². The van der Waals surface area contributed by atoms with E-state index in [-0.39, 0.29) is 10.8 Å². The number of nitrogens with zero attached hydrogens (tertiary/aromatic N) is 2. The molecule has 1 saturated heterocycles. The molecular formula is C20H20F2N2O2S. The van der Waals surface area contributed by atoms with Crippen molar-refractivity contribution >= 4 is 20.9 Å². The molecule has 0 unspecified atom stereocenters. The summed E-state index contributed by atoms with van der Waals surface area (Å²) in [5, 5.41) is 0.886. The largest absolute Gasteiger partial charge is 0.243 e. The number of halogens is 2. The summed E-state index contributed by atoms with van der Waals surface area (Å²) in [6.07, 6.45) is 1.24. The zero-order valence-corrected chi connectivity index (χ0v) is 15.7. The number of piperidine rings is 1. The van der Waals surface area contributed by atoms with E-state index < -0.39 is 15.8 Å². The minimum absolute atomic E-state index is 0.0962. The molecular weight excluding hydrogens is 370 g/mol. The van der Waals surface area contributed by atoms with E-state index in [4.69, 9.17) is 0 Å². The van der Waals surface area contributed by atoms with Crippen molar-refractivity contribution in [2.75, 3.05) is 13.1 Å². The van der Waals surface area contributed by atoms with E-state index in [0.29, 0.717) is 41.9 Å². The fraction of sp³-hybridized carbons (Fsp3) is 0.300. The molecule has 1 aliphatic rings. The zero-order chi connectivity index (χ0) is 19.2. The Bertz CT molecular complexity index is 1080. The van der Waals surface area contributed by atoms with Crippen molar-refractivity contribution in [2.45, 2.75) is 30.6 Å². The number of benzene rings is 2. The molecule has 7 heteroatoms. The minimum atomic E-state index is -3.64. The average molecular weight is 390 g/mol. The SMILES string of the molecule is Cc1c(C2CCN(S(=O)(=O)c3ccc(F)cc3)CC2)c2ccccc2n1F. The van der Waals surface area contributed by atoms with Crippen molar-refractivity contribution in [3.8, 4) is 0 Å². The smallest absolute Gasteiger partial charge is 0.207 e. The van der Waals surface area contributed by atoms with Gasteiger partial charge in [0.25, 0.3) is 0 Å². The molecule has 4 nitrogen and oxygen atoms in total. The molecule has 0 spiro atoms. The molecule has 0 amide bonds. The van der Waals surface area contributed by atoms with E-state index in [1.54, 1.807) is 19.1 Å². The lowest BCUT2D eigenvalue weighted by Crippen LogP contribution is -2.38. The van der Waals surface area contributed by atoms with E-state index in [1.165, 1.54) is 16.4 Å². The molecule has 4 rings (SSSR count). The van der Waals surface area contributed by atoms with Crippen molar-refractivity contribution in [2.24, 2.45) is 0 Å². The Morgan fingerprint density at radius 2 is 1.63 bits per heavy atom. The fourth-order valence-electron chi connectivity index (χ4n) is 4.01. The monoisotopic (exact) mass is 390 g/mol. The Labute approximate surface area is 157 Å². The van der Waals surface area contributed by atoms with Crippen LogP contribution in [0.25, 0.3) is 10.9 Å². The van der Waals surface area contributed by atoms with Crippen LogP contribution in [-0.4, -0.2) is 30.6 Å². The van der Waals surface area contributed by atoms with Crippen molar-refractivity contribution in [3.63, 3.8) is 0 Å². The third-order valence-corrected chi connectivity index (χ3v) is 7.32. The number of hydrogen-bond donors (Lipinski definition) is 0. The predicted octanol–water partition coefficient (Wildman–Crippen LogP) is 4.39. The summed E-state index contributed by atoms with van der Waals surface area (Å²) >= 11 is 0. The lowest BCUT2D eigenvalue weighted by atomic mass is 9.88. The first-order valence-corrected chi connectivity index (χ1v) is 10.4. The van der Waals surface area contributed by atoms with Gasteiger partial charge in [-0.15, -0.1) is 0 Å². The molecule has 0 N–H and O–H groups in total.